The first kappa shape index (κ1) is 13.8. The standard InChI is InChI=1S/C14H23NO2/c1-3-4-10-17-13-8-7-12(6-5-9-15)11-14(13)16-2/h7-8,11H,3-6,9-10,15H2,1-2H3. The molecule has 0 atom stereocenters. The van der Waals surface area contributed by atoms with E-state index in [1.165, 1.54) is 5.56 Å². The Bertz CT molecular complexity index is 326. The van der Waals surface area contributed by atoms with E-state index >= 15 is 0 Å². The van der Waals surface area contributed by atoms with Crippen molar-refractivity contribution in [3.05, 3.63) is 23.8 Å². The number of unbranched alkanes of at least 4 members (excludes halogenated alkanes) is 1. The van der Waals surface area contributed by atoms with Gasteiger partial charge in [0.2, 0.25) is 0 Å². The highest BCUT2D eigenvalue weighted by Crippen LogP contribution is 2.28. The number of methoxy groups -OCH3 is 1. The molecule has 0 aromatic heterocycles. The van der Waals surface area contributed by atoms with Crippen LogP contribution in [-0.4, -0.2) is 20.3 Å². The van der Waals surface area contributed by atoms with E-state index in [4.69, 9.17) is 15.2 Å². The maximum Gasteiger partial charge on any atom is 0.161 e. The Labute approximate surface area is 104 Å². The molecule has 0 unspecified atom stereocenters. The molecular weight excluding hydrogens is 214 g/mol. The lowest BCUT2D eigenvalue weighted by Gasteiger charge is -2.11. The fourth-order valence-corrected chi connectivity index (χ4v) is 1.62. The summed E-state index contributed by atoms with van der Waals surface area (Å²) in [5, 5.41) is 0. The van der Waals surface area contributed by atoms with E-state index in [0.29, 0.717) is 0 Å². The Kier molecular flexibility index (Phi) is 6.48. The third kappa shape index (κ3) is 4.65. The van der Waals surface area contributed by atoms with Crippen molar-refractivity contribution >= 4 is 0 Å². The lowest BCUT2D eigenvalue weighted by atomic mass is 10.1. The quantitative estimate of drug-likeness (QED) is 0.707. The SMILES string of the molecule is CCCCOc1ccc(CCCN)cc1OC. The summed E-state index contributed by atoms with van der Waals surface area (Å²) in [4.78, 5) is 0. The molecular formula is C14H23NO2. The van der Waals surface area contributed by atoms with Crippen LogP contribution in [0.1, 0.15) is 31.7 Å². The zero-order valence-electron chi connectivity index (χ0n) is 10.9. The number of rotatable bonds is 8. The molecule has 0 aliphatic carbocycles. The molecule has 0 saturated heterocycles. The van der Waals surface area contributed by atoms with Gasteiger partial charge in [0.05, 0.1) is 13.7 Å². The van der Waals surface area contributed by atoms with E-state index in [9.17, 15) is 0 Å². The normalized spacial score (nSPS) is 10.3. The molecule has 0 saturated carbocycles. The number of nitrogens with two attached hydrogens (primary N) is 1. The number of hydrogen-bond acceptors (Lipinski definition) is 3. The van der Waals surface area contributed by atoms with E-state index in [-0.39, 0.29) is 0 Å². The second kappa shape index (κ2) is 7.96. The summed E-state index contributed by atoms with van der Waals surface area (Å²) >= 11 is 0. The van der Waals surface area contributed by atoms with Crippen LogP contribution in [0.15, 0.2) is 18.2 Å². The van der Waals surface area contributed by atoms with Gasteiger partial charge in [-0.15, -0.1) is 0 Å². The van der Waals surface area contributed by atoms with Gasteiger partial charge in [0.15, 0.2) is 11.5 Å². The van der Waals surface area contributed by atoms with Crippen LogP contribution in [0.2, 0.25) is 0 Å². The van der Waals surface area contributed by atoms with Crippen LogP contribution < -0.4 is 15.2 Å². The molecule has 3 heteroatoms. The van der Waals surface area contributed by atoms with Crippen LogP contribution in [0.5, 0.6) is 11.5 Å². The van der Waals surface area contributed by atoms with Gasteiger partial charge in [-0.25, -0.2) is 0 Å². The highest BCUT2D eigenvalue weighted by Gasteiger charge is 2.05. The molecule has 1 aromatic carbocycles. The average molecular weight is 237 g/mol. The van der Waals surface area contributed by atoms with Crippen LogP contribution >= 0.6 is 0 Å². The molecule has 96 valence electrons. The lowest BCUT2D eigenvalue weighted by molar-refractivity contribution is 0.288. The summed E-state index contributed by atoms with van der Waals surface area (Å²) in [6.07, 6.45) is 4.19. The van der Waals surface area contributed by atoms with Gasteiger partial charge in [0, 0.05) is 0 Å². The van der Waals surface area contributed by atoms with Gasteiger partial charge >= 0.3 is 0 Å². The highest BCUT2D eigenvalue weighted by atomic mass is 16.5. The number of benzene rings is 1. The second-order valence-corrected chi connectivity index (χ2v) is 4.08. The largest absolute Gasteiger partial charge is 0.493 e. The minimum Gasteiger partial charge on any atom is -0.493 e. The zero-order chi connectivity index (χ0) is 12.5. The third-order valence-electron chi connectivity index (χ3n) is 2.65. The second-order valence-electron chi connectivity index (χ2n) is 4.08. The molecule has 3 nitrogen and oxygen atoms in total. The van der Waals surface area contributed by atoms with Crippen molar-refractivity contribution < 1.29 is 9.47 Å². The fourth-order valence-electron chi connectivity index (χ4n) is 1.62. The smallest absolute Gasteiger partial charge is 0.161 e. The molecule has 17 heavy (non-hydrogen) atoms. The Morgan fingerprint density at radius 3 is 2.65 bits per heavy atom. The lowest BCUT2D eigenvalue weighted by Crippen LogP contribution is -2.02. The predicted octanol–water partition coefficient (Wildman–Crippen LogP) is 2.77. The van der Waals surface area contributed by atoms with Crippen LogP contribution in [-0.2, 0) is 6.42 Å². The van der Waals surface area contributed by atoms with Crippen LogP contribution in [0, 0.1) is 0 Å². The maximum absolute atomic E-state index is 5.68. The van der Waals surface area contributed by atoms with Gasteiger partial charge in [0.25, 0.3) is 0 Å². The van der Waals surface area contributed by atoms with Crippen molar-refractivity contribution in [2.24, 2.45) is 5.73 Å². The van der Waals surface area contributed by atoms with Crippen molar-refractivity contribution in [3.63, 3.8) is 0 Å². The van der Waals surface area contributed by atoms with Gasteiger partial charge in [-0.2, -0.15) is 0 Å². The molecule has 0 aliphatic rings. The molecule has 0 bridgehead atoms. The fraction of sp³-hybridized carbons (Fsp3) is 0.571. The van der Waals surface area contributed by atoms with Gasteiger partial charge in [0.1, 0.15) is 0 Å². The zero-order valence-corrected chi connectivity index (χ0v) is 10.9. The van der Waals surface area contributed by atoms with Gasteiger partial charge < -0.3 is 15.2 Å². The van der Waals surface area contributed by atoms with Crippen LogP contribution in [0.3, 0.4) is 0 Å². The minimum atomic E-state index is 0.719. The van der Waals surface area contributed by atoms with E-state index in [2.05, 4.69) is 13.0 Å². The molecule has 0 fully saturated rings. The van der Waals surface area contributed by atoms with Crippen molar-refractivity contribution in [2.75, 3.05) is 20.3 Å². The Balaban J connectivity index is 2.64. The van der Waals surface area contributed by atoms with Crippen molar-refractivity contribution in [2.45, 2.75) is 32.6 Å². The van der Waals surface area contributed by atoms with E-state index in [0.717, 1.165) is 50.3 Å². The first-order valence-corrected chi connectivity index (χ1v) is 6.31. The first-order valence-electron chi connectivity index (χ1n) is 6.31. The van der Waals surface area contributed by atoms with Crippen LogP contribution in [0.4, 0.5) is 0 Å². The molecule has 0 radical (unpaired) electrons. The van der Waals surface area contributed by atoms with E-state index in [1.807, 2.05) is 12.1 Å². The molecule has 1 rings (SSSR count). The molecule has 0 amide bonds. The predicted molar refractivity (Wildman–Crippen MR) is 70.8 cm³/mol. The maximum atomic E-state index is 5.68. The van der Waals surface area contributed by atoms with Gasteiger partial charge in [-0.05, 0) is 43.5 Å². The summed E-state index contributed by atoms with van der Waals surface area (Å²) in [7, 11) is 1.68. The Morgan fingerprint density at radius 2 is 2.00 bits per heavy atom. The number of ether oxygens (including phenoxy) is 2. The minimum absolute atomic E-state index is 0.719. The summed E-state index contributed by atoms with van der Waals surface area (Å²) in [5.74, 6) is 1.65. The number of hydrogen-bond donors (Lipinski definition) is 1. The molecule has 1 aromatic rings. The van der Waals surface area contributed by atoms with Gasteiger partial charge in [-0.3, -0.25) is 0 Å². The topological polar surface area (TPSA) is 44.5 Å². The third-order valence-corrected chi connectivity index (χ3v) is 2.65. The van der Waals surface area contributed by atoms with E-state index in [1.54, 1.807) is 7.11 Å². The summed E-state index contributed by atoms with van der Waals surface area (Å²) in [6.45, 7) is 3.61. The van der Waals surface area contributed by atoms with E-state index < -0.39 is 0 Å². The first-order chi connectivity index (χ1) is 8.31. The molecule has 2 N–H and O–H groups in total. The Morgan fingerprint density at radius 1 is 1.18 bits per heavy atom. The molecule has 0 spiro atoms. The Hall–Kier alpha value is -1.22. The summed E-state index contributed by atoms with van der Waals surface area (Å²) in [5.41, 5.74) is 6.75. The molecule has 0 heterocycles. The van der Waals surface area contributed by atoms with Crippen LogP contribution in [0.25, 0.3) is 0 Å². The summed E-state index contributed by atoms with van der Waals surface area (Å²) < 4.78 is 11.0. The average Bonchev–Trinajstić information content (AvgIpc) is 2.37. The van der Waals surface area contributed by atoms with Crippen molar-refractivity contribution in [3.8, 4) is 11.5 Å². The van der Waals surface area contributed by atoms with Gasteiger partial charge in [-0.1, -0.05) is 19.4 Å². The molecule has 0 aliphatic heterocycles. The van der Waals surface area contributed by atoms with Crippen molar-refractivity contribution in [1.29, 1.82) is 0 Å². The highest BCUT2D eigenvalue weighted by molar-refractivity contribution is 5.43. The van der Waals surface area contributed by atoms with Crippen molar-refractivity contribution in [1.82, 2.24) is 0 Å². The monoisotopic (exact) mass is 237 g/mol. The summed E-state index contributed by atoms with van der Waals surface area (Å²) in [6, 6.07) is 6.11. The number of aryl methyl sites for hydroxylation is 1.